The highest BCUT2D eigenvalue weighted by Crippen LogP contribution is 2.24. The molecule has 0 unspecified atom stereocenters. The third-order valence-electron chi connectivity index (χ3n) is 5.26. The van der Waals surface area contributed by atoms with Gasteiger partial charge < -0.3 is 9.73 Å². The van der Waals surface area contributed by atoms with Gasteiger partial charge in [0.05, 0.1) is 41.6 Å². The van der Waals surface area contributed by atoms with Crippen LogP contribution in [0.1, 0.15) is 34.3 Å². The maximum absolute atomic E-state index is 12.8. The summed E-state index contributed by atoms with van der Waals surface area (Å²) in [6, 6.07) is 21.6. The molecule has 31 heavy (non-hydrogen) atoms. The summed E-state index contributed by atoms with van der Waals surface area (Å²) < 4.78 is 7.45. The number of hydrogen-bond donors (Lipinski definition) is 2. The molecule has 0 saturated carbocycles. The zero-order valence-corrected chi connectivity index (χ0v) is 17.9. The first kappa shape index (κ1) is 20.6. The molecule has 4 rings (SSSR count). The number of hydrogen-bond acceptors (Lipinski definition) is 4. The molecular weight excluding hydrogens is 388 g/mol. The number of rotatable bonds is 7. The second-order valence-corrected chi connectivity index (χ2v) is 7.58. The predicted octanol–water partition coefficient (Wildman–Crippen LogP) is 4.71. The quantitative estimate of drug-likeness (QED) is 0.459. The van der Waals surface area contributed by atoms with Gasteiger partial charge in [-0.25, -0.2) is 4.68 Å². The molecule has 0 aliphatic rings. The third-order valence-corrected chi connectivity index (χ3v) is 5.26. The van der Waals surface area contributed by atoms with Crippen LogP contribution in [0.15, 0.2) is 77.4 Å². The van der Waals surface area contributed by atoms with Crippen molar-refractivity contribution in [2.24, 2.45) is 0 Å². The first-order valence-electron chi connectivity index (χ1n) is 10.3. The fourth-order valence-corrected chi connectivity index (χ4v) is 3.62. The number of anilines is 1. The molecule has 2 heterocycles. The molecule has 0 aliphatic carbocycles. The SMILES string of the molecule is Cc1ccc(-n2nc(C)c(NC(=O)CN[C@H](c3ccccc3)c3ccco3)c2C)cc1. The van der Waals surface area contributed by atoms with Crippen LogP contribution in [0.5, 0.6) is 0 Å². The molecule has 4 aromatic rings. The van der Waals surface area contributed by atoms with Gasteiger partial charge in [-0.1, -0.05) is 48.0 Å². The molecule has 2 N–H and O–H groups in total. The van der Waals surface area contributed by atoms with Crippen molar-refractivity contribution in [3.63, 3.8) is 0 Å². The Morgan fingerprint density at radius 1 is 1.00 bits per heavy atom. The lowest BCUT2D eigenvalue weighted by Gasteiger charge is -2.17. The number of aryl methyl sites for hydroxylation is 2. The molecule has 1 atom stereocenters. The molecule has 6 heteroatoms. The van der Waals surface area contributed by atoms with Crippen LogP contribution in [-0.4, -0.2) is 22.2 Å². The van der Waals surface area contributed by atoms with E-state index in [4.69, 9.17) is 4.42 Å². The van der Waals surface area contributed by atoms with E-state index >= 15 is 0 Å². The summed E-state index contributed by atoms with van der Waals surface area (Å²) in [7, 11) is 0. The normalized spacial score (nSPS) is 12.0. The van der Waals surface area contributed by atoms with Gasteiger partial charge in [0, 0.05) is 0 Å². The van der Waals surface area contributed by atoms with E-state index in [1.165, 1.54) is 5.56 Å². The number of carbonyl (C=O) groups is 1. The Morgan fingerprint density at radius 2 is 1.74 bits per heavy atom. The molecule has 158 valence electrons. The van der Waals surface area contributed by atoms with Crippen LogP contribution < -0.4 is 10.6 Å². The summed E-state index contributed by atoms with van der Waals surface area (Å²) in [5.41, 5.74) is 5.59. The van der Waals surface area contributed by atoms with Gasteiger partial charge in [0.1, 0.15) is 5.76 Å². The fraction of sp³-hybridized carbons (Fsp3) is 0.200. The van der Waals surface area contributed by atoms with Gasteiger partial charge in [0.25, 0.3) is 0 Å². The van der Waals surface area contributed by atoms with Gasteiger partial charge >= 0.3 is 0 Å². The van der Waals surface area contributed by atoms with Gasteiger partial charge in [-0.3, -0.25) is 10.1 Å². The summed E-state index contributed by atoms with van der Waals surface area (Å²) in [4.78, 5) is 12.8. The first-order valence-corrected chi connectivity index (χ1v) is 10.3. The van der Waals surface area contributed by atoms with E-state index in [9.17, 15) is 4.79 Å². The highest BCUT2D eigenvalue weighted by Gasteiger charge is 2.19. The van der Waals surface area contributed by atoms with Crippen molar-refractivity contribution in [2.75, 3.05) is 11.9 Å². The van der Waals surface area contributed by atoms with Crippen molar-refractivity contribution < 1.29 is 9.21 Å². The van der Waals surface area contributed by atoms with Crippen LogP contribution in [0.25, 0.3) is 5.69 Å². The molecule has 0 fully saturated rings. The summed E-state index contributed by atoms with van der Waals surface area (Å²) in [6.45, 7) is 6.04. The first-order chi connectivity index (χ1) is 15.0. The van der Waals surface area contributed by atoms with Gasteiger partial charge in [0.2, 0.25) is 5.91 Å². The zero-order valence-electron chi connectivity index (χ0n) is 17.9. The number of carbonyl (C=O) groups excluding carboxylic acids is 1. The molecule has 0 aliphatic heterocycles. The number of benzene rings is 2. The second-order valence-electron chi connectivity index (χ2n) is 7.58. The Kier molecular flexibility index (Phi) is 6.00. The lowest BCUT2D eigenvalue weighted by atomic mass is 10.0. The summed E-state index contributed by atoms with van der Waals surface area (Å²) >= 11 is 0. The lowest BCUT2D eigenvalue weighted by molar-refractivity contribution is -0.115. The highest BCUT2D eigenvalue weighted by molar-refractivity contribution is 5.93. The van der Waals surface area contributed by atoms with Crippen molar-refractivity contribution in [1.29, 1.82) is 0 Å². The Morgan fingerprint density at radius 3 is 2.42 bits per heavy atom. The fourth-order valence-electron chi connectivity index (χ4n) is 3.62. The molecule has 0 saturated heterocycles. The van der Waals surface area contributed by atoms with Crippen LogP contribution >= 0.6 is 0 Å². The average Bonchev–Trinajstić information content (AvgIpc) is 3.40. The Balaban J connectivity index is 1.48. The largest absolute Gasteiger partial charge is 0.467 e. The van der Waals surface area contributed by atoms with Crippen molar-refractivity contribution in [3.8, 4) is 5.69 Å². The lowest BCUT2D eigenvalue weighted by Crippen LogP contribution is -2.32. The Hall–Kier alpha value is -3.64. The summed E-state index contributed by atoms with van der Waals surface area (Å²) in [5.74, 6) is 0.626. The van der Waals surface area contributed by atoms with E-state index in [2.05, 4.69) is 22.7 Å². The van der Waals surface area contributed by atoms with Crippen LogP contribution in [0, 0.1) is 20.8 Å². The molecule has 6 nitrogen and oxygen atoms in total. The van der Waals surface area contributed by atoms with E-state index in [0.717, 1.165) is 34.1 Å². The maximum atomic E-state index is 12.8. The van der Waals surface area contributed by atoms with E-state index in [-0.39, 0.29) is 18.5 Å². The second kappa shape index (κ2) is 9.02. The Bertz CT molecular complexity index is 1150. The number of amides is 1. The minimum atomic E-state index is -0.209. The molecule has 2 aromatic heterocycles. The van der Waals surface area contributed by atoms with Gasteiger partial charge in [-0.15, -0.1) is 0 Å². The number of nitrogens with zero attached hydrogens (tertiary/aromatic N) is 2. The van der Waals surface area contributed by atoms with Crippen molar-refractivity contribution in [3.05, 3.63) is 101 Å². The topological polar surface area (TPSA) is 72.1 Å². The van der Waals surface area contributed by atoms with Crippen molar-refractivity contribution in [1.82, 2.24) is 15.1 Å². The number of furan rings is 1. The molecule has 0 radical (unpaired) electrons. The third kappa shape index (κ3) is 4.59. The molecule has 2 aromatic carbocycles. The maximum Gasteiger partial charge on any atom is 0.238 e. The predicted molar refractivity (Wildman–Crippen MR) is 121 cm³/mol. The van der Waals surface area contributed by atoms with Gasteiger partial charge in [-0.05, 0) is 50.6 Å². The van der Waals surface area contributed by atoms with E-state index in [1.54, 1.807) is 6.26 Å². The van der Waals surface area contributed by atoms with E-state index in [0.29, 0.717) is 0 Å². The smallest absolute Gasteiger partial charge is 0.238 e. The minimum Gasteiger partial charge on any atom is -0.467 e. The standard InChI is InChI=1S/C25H26N4O2/c1-17-11-13-21(14-12-17)29-19(3)24(18(2)28-29)27-23(30)16-26-25(22-10-7-15-31-22)20-8-5-4-6-9-20/h4-15,25-26H,16H2,1-3H3,(H,27,30)/t25-/m1/s1. The van der Waals surface area contributed by atoms with Gasteiger partial charge in [-0.2, -0.15) is 5.10 Å². The van der Waals surface area contributed by atoms with Gasteiger partial charge in [0.15, 0.2) is 0 Å². The minimum absolute atomic E-state index is 0.134. The molecule has 0 spiro atoms. The average molecular weight is 415 g/mol. The van der Waals surface area contributed by atoms with Crippen LogP contribution in [-0.2, 0) is 4.79 Å². The van der Waals surface area contributed by atoms with E-state index in [1.807, 2.05) is 85.3 Å². The summed E-state index contributed by atoms with van der Waals surface area (Å²) in [5, 5.41) is 10.9. The highest BCUT2D eigenvalue weighted by atomic mass is 16.3. The summed E-state index contributed by atoms with van der Waals surface area (Å²) in [6.07, 6.45) is 1.64. The van der Waals surface area contributed by atoms with Crippen LogP contribution in [0.2, 0.25) is 0 Å². The number of nitrogens with one attached hydrogen (secondary N) is 2. The number of aromatic nitrogens is 2. The molecule has 0 bridgehead atoms. The Labute approximate surface area is 181 Å². The van der Waals surface area contributed by atoms with Crippen molar-refractivity contribution in [2.45, 2.75) is 26.8 Å². The van der Waals surface area contributed by atoms with Crippen LogP contribution in [0.4, 0.5) is 5.69 Å². The monoisotopic (exact) mass is 414 g/mol. The molecule has 1 amide bonds. The zero-order chi connectivity index (χ0) is 21.8. The van der Waals surface area contributed by atoms with Crippen molar-refractivity contribution >= 4 is 11.6 Å². The van der Waals surface area contributed by atoms with E-state index < -0.39 is 0 Å². The van der Waals surface area contributed by atoms with Crippen LogP contribution in [0.3, 0.4) is 0 Å². The molecular formula is C25H26N4O2.